The third-order valence-electron chi connectivity index (χ3n) is 2.91. The van der Waals surface area contributed by atoms with E-state index in [0.717, 1.165) is 25.7 Å². The Morgan fingerprint density at radius 3 is 2.47 bits per heavy atom. The average molecular weight is 206 g/mol. The number of aliphatic hydroxyl groups is 1. The molecule has 0 aliphatic carbocycles. The van der Waals surface area contributed by atoms with Crippen molar-refractivity contribution < 1.29 is 5.11 Å². The summed E-state index contributed by atoms with van der Waals surface area (Å²) in [5.41, 5.74) is 1.32. The number of benzene rings is 1. The van der Waals surface area contributed by atoms with Crippen LogP contribution in [-0.4, -0.2) is 11.2 Å². The topological polar surface area (TPSA) is 20.2 Å². The highest BCUT2D eigenvalue weighted by molar-refractivity contribution is 5.15. The zero-order valence-electron chi connectivity index (χ0n) is 9.82. The van der Waals surface area contributed by atoms with Gasteiger partial charge in [-0.1, -0.05) is 57.0 Å². The summed E-state index contributed by atoms with van der Waals surface area (Å²) in [6.07, 6.45) is 4.05. The van der Waals surface area contributed by atoms with E-state index in [1.165, 1.54) is 5.56 Å². The molecule has 0 radical (unpaired) electrons. The minimum Gasteiger partial charge on any atom is -0.393 e. The van der Waals surface area contributed by atoms with E-state index in [1.807, 2.05) is 6.07 Å². The molecular weight excluding hydrogens is 184 g/mol. The first-order valence-electron chi connectivity index (χ1n) is 5.96. The number of rotatable bonds is 6. The van der Waals surface area contributed by atoms with Gasteiger partial charge in [-0.3, -0.25) is 0 Å². The van der Waals surface area contributed by atoms with E-state index >= 15 is 0 Å². The van der Waals surface area contributed by atoms with E-state index in [0.29, 0.717) is 5.92 Å². The Hall–Kier alpha value is -0.820. The van der Waals surface area contributed by atoms with Gasteiger partial charge in [-0.25, -0.2) is 0 Å². The van der Waals surface area contributed by atoms with E-state index in [2.05, 4.69) is 38.1 Å². The molecule has 0 aromatic heterocycles. The molecule has 0 aliphatic heterocycles. The predicted octanol–water partition coefficient (Wildman–Crippen LogP) is 3.42. The van der Waals surface area contributed by atoms with Crippen molar-refractivity contribution in [2.24, 2.45) is 5.92 Å². The smallest absolute Gasteiger partial charge is 0.0568 e. The second-order valence-corrected chi connectivity index (χ2v) is 4.38. The molecule has 2 atom stereocenters. The van der Waals surface area contributed by atoms with Crippen LogP contribution in [0.2, 0.25) is 0 Å². The van der Waals surface area contributed by atoms with Gasteiger partial charge in [0.05, 0.1) is 6.10 Å². The maximum atomic E-state index is 9.91. The maximum absolute atomic E-state index is 9.91. The number of aliphatic hydroxyl groups excluding tert-OH is 1. The van der Waals surface area contributed by atoms with Gasteiger partial charge in [0.25, 0.3) is 0 Å². The lowest BCUT2D eigenvalue weighted by atomic mass is 9.93. The minimum absolute atomic E-state index is 0.148. The molecule has 0 saturated heterocycles. The molecule has 1 N–H and O–H groups in total. The molecule has 1 aromatic rings. The summed E-state index contributed by atoms with van der Waals surface area (Å²) in [6, 6.07) is 10.4. The summed E-state index contributed by atoms with van der Waals surface area (Å²) in [5.74, 6) is 0.360. The predicted molar refractivity (Wildman–Crippen MR) is 64.8 cm³/mol. The molecular formula is C14H22O. The Labute approximate surface area is 93.1 Å². The summed E-state index contributed by atoms with van der Waals surface area (Å²) in [5, 5.41) is 9.91. The van der Waals surface area contributed by atoms with Gasteiger partial charge in [0.15, 0.2) is 0 Å². The van der Waals surface area contributed by atoms with E-state index in [9.17, 15) is 5.11 Å². The second-order valence-electron chi connectivity index (χ2n) is 4.38. The molecule has 0 fully saturated rings. The van der Waals surface area contributed by atoms with Crippen LogP contribution >= 0.6 is 0 Å². The lowest BCUT2D eigenvalue weighted by molar-refractivity contribution is 0.105. The SMILES string of the molecule is CCCCC(O)C(C)Cc1ccccc1. The van der Waals surface area contributed by atoms with Crippen LogP contribution < -0.4 is 0 Å². The van der Waals surface area contributed by atoms with Crippen LogP contribution in [0.5, 0.6) is 0 Å². The van der Waals surface area contributed by atoms with Crippen molar-refractivity contribution in [3.05, 3.63) is 35.9 Å². The molecule has 0 heterocycles. The van der Waals surface area contributed by atoms with Crippen molar-refractivity contribution in [2.75, 3.05) is 0 Å². The third-order valence-corrected chi connectivity index (χ3v) is 2.91. The molecule has 15 heavy (non-hydrogen) atoms. The standard InChI is InChI=1S/C14H22O/c1-3-4-10-14(15)12(2)11-13-8-6-5-7-9-13/h5-9,12,14-15H,3-4,10-11H2,1-2H3. The van der Waals surface area contributed by atoms with Gasteiger partial charge >= 0.3 is 0 Å². The molecule has 0 amide bonds. The van der Waals surface area contributed by atoms with Gasteiger partial charge < -0.3 is 5.11 Å². The zero-order valence-corrected chi connectivity index (χ0v) is 9.82. The van der Waals surface area contributed by atoms with Crippen molar-refractivity contribution in [3.8, 4) is 0 Å². The van der Waals surface area contributed by atoms with Crippen molar-refractivity contribution in [2.45, 2.75) is 45.6 Å². The van der Waals surface area contributed by atoms with Crippen molar-refractivity contribution in [3.63, 3.8) is 0 Å². The zero-order chi connectivity index (χ0) is 11.1. The Morgan fingerprint density at radius 1 is 1.20 bits per heavy atom. The van der Waals surface area contributed by atoms with Crippen molar-refractivity contribution in [1.29, 1.82) is 0 Å². The van der Waals surface area contributed by atoms with E-state index < -0.39 is 0 Å². The fourth-order valence-electron chi connectivity index (χ4n) is 1.82. The van der Waals surface area contributed by atoms with Crippen LogP contribution in [0.25, 0.3) is 0 Å². The van der Waals surface area contributed by atoms with Crippen LogP contribution in [0.4, 0.5) is 0 Å². The number of hydrogen-bond acceptors (Lipinski definition) is 1. The highest BCUT2D eigenvalue weighted by Gasteiger charge is 2.13. The fraction of sp³-hybridized carbons (Fsp3) is 0.571. The van der Waals surface area contributed by atoms with E-state index in [-0.39, 0.29) is 6.10 Å². The summed E-state index contributed by atoms with van der Waals surface area (Å²) in [4.78, 5) is 0. The van der Waals surface area contributed by atoms with Crippen LogP contribution in [0.3, 0.4) is 0 Å². The number of hydrogen-bond donors (Lipinski definition) is 1. The molecule has 1 aromatic carbocycles. The highest BCUT2D eigenvalue weighted by atomic mass is 16.3. The van der Waals surface area contributed by atoms with Gasteiger partial charge in [0.2, 0.25) is 0 Å². The van der Waals surface area contributed by atoms with E-state index in [1.54, 1.807) is 0 Å². The Morgan fingerprint density at radius 2 is 1.87 bits per heavy atom. The first-order chi connectivity index (χ1) is 7.24. The lowest BCUT2D eigenvalue weighted by Gasteiger charge is -2.18. The number of unbranched alkanes of at least 4 members (excludes halogenated alkanes) is 1. The quantitative estimate of drug-likeness (QED) is 0.756. The molecule has 1 nitrogen and oxygen atoms in total. The molecule has 0 saturated carbocycles. The summed E-state index contributed by atoms with van der Waals surface area (Å²) < 4.78 is 0. The molecule has 2 unspecified atom stereocenters. The van der Waals surface area contributed by atoms with Crippen molar-refractivity contribution in [1.82, 2.24) is 0 Å². The monoisotopic (exact) mass is 206 g/mol. The van der Waals surface area contributed by atoms with Crippen LogP contribution in [0, 0.1) is 5.92 Å². The normalized spacial score (nSPS) is 14.9. The molecule has 0 aliphatic rings. The van der Waals surface area contributed by atoms with Crippen LogP contribution in [0.1, 0.15) is 38.7 Å². The molecule has 0 bridgehead atoms. The van der Waals surface area contributed by atoms with Gasteiger partial charge in [-0.15, -0.1) is 0 Å². The van der Waals surface area contributed by atoms with Crippen LogP contribution in [-0.2, 0) is 6.42 Å². The van der Waals surface area contributed by atoms with Crippen molar-refractivity contribution >= 4 is 0 Å². The van der Waals surface area contributed by atoms with E-state index in [4.69, 9.17) is 0 Å². The Balaban J connectivity index is 2.38. The Bertz CT molecular complexity index is 255. The first-order valence-corrected chi connectivity index (χ1v) is 5.96. The van der Waals surface area contributed by atoms with Gasteiger partial charge in [0.1, 0.15) is 0 Å². The van der Waals surface area contributed by atoms with Gasteiger partial charge in [-0.2, -0.15) is 0 Å². The second kappa shape index (κ2) is 6.62. The largest absolute Gasteiger partial charge is 0.393 e. The van der Waals surface area contributed by atoms with Gasteiger partial charge in [0, 0.05) is 0 Å². The summed E-state index contributed by atoms with van der Waals surface area (Å²) in [6.45, 7) is 4.29. The molecule has 1 rings (SSSR count). The highest BCUT2D eigenvalue weighted by Crippen LogP contribution is 2.15. The van der Waals surface area contributed by atoms with Gasteiger partial charge in [-0.05, 0) is 24.3 Å². The summed E-state index contributed by atoms with van der Waals surface area (Å²) >= 11 is 0. The van der Waals surface area contributed by atoms with Crippen LogP contribution in [0.15, 0.2) is 30.3 Å². The molecule has 0 spiro atoms. The lowest BCUT2D eigenvalue weighted by Crippen LogP contribution is -2.19. The maximum Gasteiger partial charge on any atom is 0.0568 e. The first kappa shape index (κ1) is 12.3. The fourth-order valence-corrected chi connectivity index (χ4v) is 1.82. The average Bonchev–Trinajstić information content (AvgIpc) is 2.27. The Kier molecular flexibility index (Phi) is 5.41. The minimum atomic E-state index is -0.148. The summed E-state index contributed by atoms with van der Waals surface area (Å²) in [7, 11) is 0. The third kappa shape index (κ3) is 4.48. The molecule has 84 valence electrons. The molecule has 1 heteroatoms.